The van der Waals surface area contributed by atoms with E-state index in [-0.39, 0.29) is 11.8 Å². The lowest BCUT2D eigenvalue weighted by molar-refractivity contribution is 0.0664. The zero-order chi connectivity index (χ0) is 9.97. The van der Waals surface area contributed by atoms with E-state index in [1.165, 1.54) is 16.9 Å². The summed E-state index contributed by atoms with van der Waals surface area (Å²) < 4.78 is 6.89. The van der Waals surface area contributed by atoms with Crippen LogP contribution in [0.1, 0.15) is 23.3 Å². The van der Waals surface area contributed by atoms with Crippen LogP contribution in [0, 0.1) is 0 Å². The van der Waals surface area contributed by atoms with Crippen LogP contribution in [0.15, 0.2) is 12.3 Å². The van der Waals surface area contributed by atoms with E-state index in [1.54, 1.807) is 0 Å². The molecule has 5 nitrogen and oxygen atoms in total. The van der Waals surface area contributed by atoms with Gasteiger partial charge in [0.2, 0.25) is 0 Å². The number of aromatic nitrogens is 2. The van der Waals surface area contributed by atoms with E-state index in [2.05, 4.69) is 5.10 Å². The summed E-state index contributed by atoms with van der Waals surface area (Å²) in [4.78, 5) is 10.8. The van der Waals surface area contributed by atoms with Crippen molar-refractivity contribution < 1.29 is 14.6 Å². The first-order chi connectivity index (χ1) is 6.77. The normalized spacial score (nSPS) is 21.3. The highest BCUT2D eigenvalue weighted by molar-refractivity contribution is 5.85. The van der Waals surface area contributed by atoms with Gasteiger partial charge in [-0.05, 0) is 18.9 Å². The standard InChI is InChI=1S/C9H12N2O3/c12-9(13)8-3-4-10-11(8)6-7-2-1-5-14-7/h3-4,7H,1-2,5-6H2,(H,12,13). The Morgan fingerprint density at radius 1 is 1.79 bits per heavy atom. The van der Waals surface area contributed by atoms with Crippen molar-refractivity contribution in [3.8, 4) is 0 Å². The van der Waals surface area contributed by atoms with E-state index in [9.17, 15) is 4.79 Å². The first-order valence-electron chi connectivity index (χ1n) is 4.64. The summed E-state index contributed by atoms with van der Waals surface area (Å²) in [7, 11) is 0. The van der Waals surface area contributed by atoms with Crippen molar-refractivity contribution in [1.29, 1.82) is 0 Å². The summed E-state index contributed by atoms with van der Waals surface area (Å²) in [5, 5.41) is 12.8. The van der Waals surface area contributed by atoms with Gasteiger partial charge in [-0.3, -0.25) is 4.68 Å². The second-order valence-corrected chi connectivity index (χ2v) is 3.34. The van der Waals surface area contributed by atoms with Gasteiger partial charge < -0.3 is 9.84 Å². The molecule has 1 unspecified atom stereocenters. The topological polar surface area (TPSA) is 64.3 Å². The maximum Gasteiger partial charge on any atom is 0.354 e. The molecule has 1 fully saturated rings. The molecule has 76 valence electrons. The highest BCUT2D eigenvalue weighted by Gasteiger charge is 2.19. The summed E-state index contributed by atoms with van der Waals surface area (Å²) in [6.45, 7) is 1.31. The van der Waals surface area contributed by atoms with Crippen LogP contribution < -0.4 is 0 Å². The van der Waals surface area contributed by atoms with Gasteiger partial charge in [0.1, 0.15) is 5.69 Å². The average Bonchev–Trinajstić information content (AvgIpc) is 2.75. The van der Waals surface area contributed by atoms with Gasteiger partial charge in [0.25, 0.3) is 0 Å². The molecule has 0 amide bonds. The van der Waals surface area contributed by atoms with E-state index < -0.39 is 5.97 Å². The molecule has 1 aliphatic heterocycles. The van der Waals surface area contributed by atoms with Crippen molar-refractivity contribution in [3.05, 3.63) is 18.0 Å². The van der Waals surface area contributed by atoms with Crippen LogP contribution in [0.5, 0.6) is 0 Å². The van der Waals surface area contributed by atoms with Gasteiger partial charge in [0.15, 0.2) is 0 Å². The van der Waals surface area contributed by atoms with Gasteiger partial charge in [-0.15, -0.1) is 0 Å². The molecule has 0 aromatic carbocycles. The van der Waals surface area contributed by atoms with Crippen LogP contribution in [-0.4, -0.2) is 33.6 Å². The molecule has 2 heterocycles. The maximum absolute atomic E-state index is 10.8. The van der Waals surface area contributed by atoms with E-state index in [0.29, 0.717) is 6.54 Å². The van der Waals surface area contributed by atoms with Crippen molar-refractivity contribution in [2.75, 3.05) is 6.61 Å². The third-order valence-electron chi connectivity index (χ3n) is 2.34. The first kappa shape index (κ1) is 9.21. The van der Waals surface area contributed by atoms with E-state index >= 15 is 0 Å². The minimum atomic E-state index is -0.944. The van der Waals surface area contributed by atoms with Gasteiger partial charge in [-0.1, -0.05) is 0 Å². The first-order valence-corrected chi connectivity index (χ1v) is 4.64. The van der Waals surface area contributed by atoms with Crippen LogP contribution in [-0.2, 0) is 11.3 Å². The third-order valence-corrected chi connectivity index (χ3v) is 2.34. The number of carbonyl (C=O) groups is 1. The zero-order valence-electron chi connectivity index (χ0n) is 7.72. The number of carboxylic acid groups (broad SMARTS) is 1. The summed E-state index contributed by atoms with van der Waals surface area (Å²) in [5.74, 6) is -0.944. The number of rotatable bonds is 3. The van der Waals surface area contributed by atoms with Crippen molar-refractivity contribution in [2.45, 2.75) is 25.5 Å². The van der Waals surface area contributed by atoms with Crippen molar-refractivity contribution in [2.24, 2.45) is 0 Å². The molecule has 0 radical (unpaired) electrons. The number of nitrogens with zero attached hydrogens (tertiary/aromatic N) is 2. The molecule has 1 N–H and O–H groups in total. The van der Waals surface area contributed by atoms with Crippen LogP contribution in [0.3, 0.4) is 0 Å². The molecule has 2 rings (SSSR count). The summed E-state index contributed by atoms with van der Waals surface area (Å²) in [6, 6.07) is 1.50. The lowest BCUT2D eigenvalue weighted by atomic mass is 10.2. The quantitative estimate of drug-likeness (QED) is 0.775. The smallest absolute Gasteiger partial charge is 0.354 e. The molecular formula is C9H12N2O3. The Hall–Kier alpha value is -1.36. The molecule has 0 bridgehead atoms. The number of ether oxygens (including phenoxy) is 1. The van der Waals surface area contributed by atoms with Gasteiger partial charge in [-0.2, -0.15) is 5.10 Å². The van der Waals surface area contributed by atoms with Crippen molar-refractivity contribution in [3.63, 3.8) is 0 Å². The Bertz CT molecular complexity index is 329. The summed E-state index contributed by atoms with van der Waals surface area (Å²) >= 11 is 0. The molecule has 1 aromatic heterocycles. The molecule has 14 heavy (non-hydrogen) atoms. The van der Waals surface area contributed by atoms with Gasteiger partial charge in [-0.25, -0.2) is 4.79 Å². The molecule has 1 atom stereocenters. The molecule has 0 aliphatic carbocycles. The van der Waals surface area contributed by atoms with Crippen molar-refractivity contribution in [1.82, 2.24) is 9.78 Å². The Morgan fingerprint density at radius 3 is 3.29 bits per heavy atom. The van der Waals surface area contributed by atoms with Crippen LogP contribution in [0.4, 0.5) is 0 Å². The predicted molar refractivity (Wildman–Crippen MR) is 48.2 cm³/mol. The highest BCUT2D eigenvalue weighted by Crippen LogP contribution is 2.14. The fourth-order valence-corrected chi connectivity index (χ4v) is 1.64. The van der Waals surface area contributed by atoms with E-state index in [4.69, 9.17) is 9.84 Å². The summed E-state index contributed by atoms with van der Waals surface area (Å²) in [5.41, 5.74) is 0.223. The molecule has 0 saturated carbocycles. The van der Waals surface area contributed by atoms with Gasteiger partial charge in [0, 0.05) is 12.8 Å². The van der Waals surface area contributed by atoms with Crippen LogP contribution in [0.25, 0.3) is 0 Å². The van der Waals surface area contributed by atoms with E-state index in [0.717, 1.165) is 19.4 Å². The molecule has 1 aliphatic rings. The lowest BCUT2D eigenvalue weighted by Gasteiger charge is -2.10. The van der Waals surface area contributed by atoms with Gasteiger partial charge in [0.05, 0.1) is 12.6 Å². The van der Waals surface area contributed by atoms with E-state index in [1.807, 2.05) is 0 Å². The monoisotopic (exact) mass is 196 g/mol. The molecule has 1 saturated heterocycles. The second-order valence-electron chi connectivity index (χ2n) is 3.34. The number of hydrogen-bond donors (Lipinski definition) is 1. The molecule has 1 aromatic rings. The number of aromatic carboxylic acids is 1. The van der Waals surface area contributed by atoms with Crippen molar-refractivity contribution >= 4 is 5.97 Å². The molecule has 5 heteroatoms. The highest BCUT2D eigenvalue weighted by atomic mass is 16.5. The average molecular weight is 196 g/mol. The second kappa shape index (κ2) is 3.79. The predicted octanol–water partition coefficient (Wildman–Crippen LogP) is 0.760. The molecular weight excluding hydrogens is 184 g/mol. The van der Waals surface area contributed by atoms with Gasteiger partial charge >= 0.3 is 5.97 Å². The Labute approximate surface area is 81.3 Å². The molecule has 0 spiro atoms. The minimum Gasteiger partial charge on any atom is -0.477 e. The number of carboxylic acids is 1. The fourth-order valence-electron chi connectivity index (χ4n) is 1.64. The third kappa shape index (κ3) is 1.77. The minimum absolute atomic E-state index is 0.119. The largest absolute Gasteiger partial charge is 0.477 e. The van der Waals surface area contributed by atoms with Crippen LogP contribution >= 0.6 is 0 Å². The fraction of sp³-hybridized carbons (Fsp3) is 0.556. The Morgan fingerprint density at radius 2 is 2.64 bits per heavy atom. The Kier molecular flexibility index (Phi) is 2.49. The zero-order valence-corrected chi connectivity index (χ0v) is 7.72. The number of hydrogen-bond acceptors (Lipinski definition) is 3. The van der Waals surface area contributed by atoms with Crippen LogP contribution in [0.2, 0.25) is 0 Å². The maximum atomic E-state index is 10.8. The SMILES string of the molecule is O=C(O)c1ccnn1CC1CCCO1. The lowest BCUT2D eigenvalue weighted by Crippen LogP contribution is -2.19. The Balaban J connectivity index is 2.07. The summed E-state index contributed by atoms with van der Waals surface area (Å²) in [6.07, 6.45) is 3.65.